The number of carbonyl (C=O) groups is 1. The van der Waals surface area contributed by atoms with Crippen molar-refractivity contribution in [2.24, 2.45) is 0 Å². The number of rotatable bonds is 5. The summed E-state index contributed by atoms with van der Waals surface area (Å²) in [6, 6.07) is 6.96. The van der Waals surface area contributed by atoms with E-state index in [1.54, 1.807) is 0 Å². The molecule has 0 bridgehead atoms. The molecule has 2 rings (SSSR count). The summed E-state index contributed by atoms with van der Waals surface area (Å²) in [6.07, 6.45) is 0.667. The maximum atomic E-state index is 13.8. The first kappa shape index (κ1) is 15.4. The largest absolute Gasteiger partial charge is 0.493 e. The third kappa shape index (κ3) is 3.39. The van der Waals surface area contributed by atoms with Gasteiger partial charge in [0.1, 0.15) is 24.5 Å². The highest BCUT2D eigenvalue weighted by Gasteiger charge is 2.14. The Morgan fingerprint density at radius 3 is 2.62 bits per heavy atom. The Bertz CT molecular complexity index is 674. The molecule has 0 saturated heterocycles. The molecule has 110 valence electrons. The smallest absolute Gasteiger partial charge is 0.161 e. The molecule has 0 heterocycles. The van der Waals surface area contributed by atoms with E-state index in [-0.39, 0.29) is 16.6 Å². The van der Waals surface area contributed by atoms with E-state index in [1.807, 2.05) is 0 Å². The molecule has 0 fully saturated rings. The van der Waals surface area contributed by atoms with E-state index in [0.29, 0.717) is 23.3 Å². The first-order chi connectivity index (χ1) is 10.1. The average Bonchev–Trinajstić information content (AvgIpc) is 2.51. The highest BCUT2D eigenvalue weighted by atomic mass is 79.9. The van der Waals surface area contributed by atoms with E-state index in [4.69, 9.17) is 9.47 Å². The predicted molar refractivity (Wildman–Crippen MR) is 76.8 cm³/mol. The van der Waals surface area contributed by atoms with Gasteiger partial charge in [-0.15, -0.1) is 0 Å². The number of hydrogen-bond acceptors (Lipinski definition) is 3. The van der Waals surface area contributed by atoms with Crippen LogP contribution in [0.15, 0.2) is 34.8 Å². The van der Waals surface area contributed by atoms with Crippen LogP contribution in [0.5, 0.6) is 11.5 Å². The summed E-state index contributed by atoms with van der Waals surface area (Å²) in [5.74, 6) is -0.796. The summed E-state index contributed by atoms with van der Waals surface area (Å²) in [5.41, 5.74) is 0.227. The van der Waals surface area contributed by atoms with Gasteiger partial charge in [0.15, 0.2) is 11.5 Å². The average molecular weight is 357 g/mol. The highest BCUT2D eigenvalue weighted by Crippen LogP contribution is 2.29. The molecular weight excluding hydrogens is 346 g/mol. The van der Waals surface area contributed by atoms with Gasteiger partial charge in [-0.25, -0.2) is 8.78 Å². The van der Waals surface area contributed by atoms with Crippen molar-refractivity contribution in [3.05, 3.63) is 57.6 Å². The Morgan fingerprint density at radius 1 is 1.19 bits per heavy atom. The van der Waals surface area contributed by atoms with Crippen molar-refractivity contribution < 1.29 is 23.0 Å². The normalized spacial score (nSPS) is 10.3. The minimum Gasteiger partial charge on any atom is -0.493 e. The number of methoxy groups -OCH3 is 1. The van der Waals surface area contributed by atoms with Crippen molar-refractivity contribution in [3.63, 3.8) is 0 Å². The molecule has 0 saturated carbocycles. The SMILES string of the molecule is COc1cc(C=O)ccc1OCc1c(F)ccc(Br)c1F. The first-order valence-electron chi connectivity index (χ1n) is 5.95. The van der Waals surface area contributed by atoms with Crippen LogP contribution in [0, 0.1) is 11.6 Å². The van der Waals surface area contributed by atoms with Gasteiger partial charge >= 0.3 is 0 Å². The fraction of sp³-hybridized carbons (Fsp3) is 0.133. The van der Waals surface area contributed by atoms with Crippen LogP contribution in [0.2, 0.25) is 0 Å². The molecule has 0 aliphatic heterocycles. The van der Waals surface area contributed by atoms with Gasteiger partial charge in [-0.2, -0.15) is 0 Å². The van der Waals surface area contributed by atoms with E-state index in [1.165, 1.54) is 31.4 Å². The second-order valence-electron chi connectivity index (χ2n) is 4.14. The third-order valence-electron chi connectivity index (χ3n) is 2.83. The lowest BCUT2D eigenvalue weighted by Gasteiger charge is -2.12. The van der Waals surface area contributed by atoms with E-state index in [0.717, 1.165) is 6.07 Å². The molecule has 2 aromatic carbocycles. The summed E-state index contributed by atoms with van der Waals surface area (Å²) in [7, 11) is 1.41. The Kier molecular flexibility index (Phi) is 4.90. The van der Waals surface area contributed by atoms with Crippen molar-refractivity contribution in [1.29, 1.82) is 0 Å². The van der Waals surface area contributed by atoms with Gasteiger partial charge in [0.25, 0.3) is 0 Å². The van der Waals surface area contributed by atoms with Crippen LogP contribution in [0.25, 0.3) is 0 Å². The molecule has 0 N–H and O–H groups in total. The molecule has 2 aromatic rings. The lowest BCUT2D eigenvalue weighted by molar-refractivity contribution is 0.112. The monoisotopic (exact) mass is 356 g/mol. The summed E-state index contributed by atoms with van der Waals surface area (Å²) in [6.45, 7) is -0.298. The van der Waals surface area contributed by atoms with Gasteiger partial charge in [0, 0.05) is 5.56 Å². The lowest BCUT2D eigenvalue weighted by atomic mass is 10.2. The Morgan fingerprint density at radius 2 is 1.95 bits per heavy atom. The maximum Gasteiger partial charge on any atom is 0.161 e. The number of benzene rings is 2. The second-order valence-corrected chi connectivity index (χ2v) is 4.99. The zero-order chi connectivity index (χ0) is 15.4. The molecule has 3 nitrogen and oxygen atoms in total. The van der Waals surface area contributed by atoms with Crippen LogP contribution in [0.1, 0.15) is 15.9 Å². The summed E-state index contributed by atoms with van der Waals surface area (Å²) in [4.78, 5) is 10.7. The lowest BCUT2D eigenvalue weighted by Crippen LogP contribution is -2.04. The van der Waals surface area contributed by atoms with Crippen LogP contribution in [-0.2, 0) is 6.61 Å². The number of aldehydes is 1. The van der Waals surface area contributed by atoms with Crippen molar-refractivity contribution in [2.75, 3.05) is 7.11 Å². The van der Waals surface area contributed by atoms with E-state index < -0.39 is 11.6 Å². The molecule has 0 unspecified atom stereocenters. The zero-order valence-corrected chi connectivity index (χ0v) is 12.6. The van der Waals surface area contributed by atoms with E-state index >= 15 is 0 Å². The Hall–Kier alpha value is -1.95. The minimum atomic E-state index is -0.710. The van der Waals surface area contributed by atoms with E-state index in [9.17, 15) is 13.6 Å². The van der Waals surface area contributed by atoms with Crippen LogP contribution < -0.4 is 9.47 Å². The predicted octanol–water partition coefficient (Wildman–Crippen LogP) is 4.13. The summed E-state index contributed by atoms with van der Waals surface area (Å²) >= 11 is 2.99. The third-order valence-corrected chi connectivity index (χ3v) is 3.45. The fourth-order valence-corrected chi connectivity index (χ4v) is 2.10. The number of ether oxygens (including phenoxy) is 2. The quantitative estimate of drug-likeness (QED) is 0.596. The second kappa shape index (κ2) is 6.67. The van der Waals surface area contributed by atoms with E-state index in [2.05, 4.69) is 15.9 Å². The van der Waals surface area contributed by atoms with Crippen molar-refractivity contribution >= 4 is 22.2 Å². The van der Waals surface area contributed by atoms with Crippen molar-refractivity contribution in [3.8, 4) is 11.5 Å². The minimum absolute atomic E-state index is 0.158. The standard InChI is InChI=1S/C15H11BrF2O3/c1-20-14-6-9(7-19)2-5-13(14)21-8-10-12(17)4-3-11(16)15(10)18/h2-7H,8H2,1H3. The first-order valence-corrected chi connectivity index (χ1v) is 6.74. The molecule has 0 atom stereocenters. The topological polar surface area (TPSA) is 35.5 Å². The van der Waals surface area contributed by atoms with Crippen LogP contribution >= 0.6 is 15.9 Å². The van der Waals surface area contributed by atoms with Crippen molar-refractivity contribution in [1.82, 2.24) is 0 Å². The molecule has 0 amide bonds. The highest BCUT2D eigenvalue weighted by molar-refractivity contribution is 9.10. The van der Waals surface area contributed by atoms with Gasteiger partial charge < -0.3 is 9.47 Å². The zero-order valence-electron chi connectivity index (χ0n) is 11.0. The van der Waals surface area contributed by atoms with Gasteiger partial charge in [-0.1, -0.05) is 0 Å². The van der Waals surface area contributed by atoms with Crippen LogP contribution in [0.4, 0.5) is 8.78 Å². The van der Waals surface area contributed by atoms with Crippen LogP contribution in [0.3, 0.4) is 0 Å². The van der Waals surface area contributed by atoms with Gasteiger partial charge in [-0.05, 0) is 46.3 Å². The van der Waals surface area contributed by atoms with Gasteiger partial charge in [0.05, 0.1) is 17.1 Å². The molecular formula is C15H11BrF2O3. The molecule has 0 aromatic heterocycles. The molecule has 21 heavy (non-hydrogen) atoms. The Labute approximate surface area is 128 Å². The van der Waals surface area contributed by atoms with Crippen LogP contribution in [-0.4, -0.2) is 13.4 Å². The molecule has 0 spiro atoms. The van der Waals surface area contributed by atoms with Crippen molar-refractivity contribution in [2.45, 2.75) is 6.61 Å². The summed E-state index contributed by atoms with van der Waals surface area (Å²) in [5, 5.41) is 0. The number of halogens is 3. The fourth-order valence-electron chi connectivity index (χ4n) is 1.73. The summed E-state index contributed by atoms with van der Waals surface area (Å²) < 4.78 is 38.1. The van der Waals surface area contributed by atoms with Gasteiger partial charge in [-0.3, -0.25) is 4.79 Å². The Balaban J connectivity index is 2.24. The number of hydrogen-bond donors (Lipinski definition) is 0. The maximum absolute atomic E-state index is 13.8. The molecule has 0 radical (unpaired) electrons. The molecule has 6 heteroatoms. The molecule has 0 aliphatic carbocycles. The molecule has 0 aliphatic rings. The number of carbonyl (C=O) groups excluding carboxylic acids is 1. The van der Waals surface area contributed by atoms with Gasteiger partial charge in [0.2, 0.25) is 0 Å².